The zero-order valence-electron chi connectivity index (χ0n) is 11.1. The standard InChI is InChI=1S/C14H17N3OS/c1-10-11(2)17(9-16-10)6-7-18-13-5-3-4-12(8-13)14(15)19/h3-5,8-9H,6-7H2,1-2H3,(H2,15,19). The van der Waals surface area contributed by atoms with Crippen molar-refractivity contribution in [3.8, 4) is 5.75 Å². The number of thiocarbonyl (C=S) groups is 1. The monoisotopic (exact) mass is 275 g/mol. The zero-order chi connectivity index (χ0) is 13.8. The Kier molecular flexibility index (Phi) is 4.16. The van der Waals surface area contributed by atoms with E-state index in [0.29, 0.717) is 11.6 Å². The Morgan fingerprint density at radius 3 is 2.84 bits per heavy atom. The molecule has 1 aromatic heterocycles. The molecule has 0 unspecified atom stereocenters. The first-order valence-corrected chi connectivity index (χ1v) is 6.50. The highest BCUT2D eigenvalue weighted by Gasteiger charge is 2.03. The van der Waals surface area contributed by atoms with Crippen molar-refractivity contribution in [2.75, 3.05) is 6.61 Å². The largest absolute Gasteiger partial charge is 0.492 e. The molecule has 0 saturated carbocycles. The maximum absolute atomic E-state index is 5.70. The van der Waals surface area contributed by atoms with Crippen LogP contribution in [0.15, 0.2) is 30.6 Å². The molecule has 0 aliphatic heterocycles. The minimum atomic E-state index is 0.381. The fraction of sp³-hybridized carbons (Fsp3) is 0.286. The van der Waals surface area contributed by atoms with E-state index in [0.717, 1.165) is 23.6 Å². The minimum Gasteiger partial charge on any atom is -0.492 e. The molecule has 0 atom stereocenters. The number of hydrogen-bond donors (Lipinski definition) is 1. The molecule has 2 N–H and O–H groups in total. The number of aryl methyl sites for hydroxylation is 1. The molecule has 1 heterocycles. The highest BCUT2D eigenvalue weighted by Crippen LogP contribution is 2.13. The summed E-state index contributed by atoms with van der Waals surface area (Å²) in [6, 6.07) is 7.51. The third kappa shape index (κ3) is 3.32. The predicted molar refractivity (Wildman–Crippen MR) is 79.5 cm³/mol. The number of aromatic nitrogens is 2. The van der Waals surface area contributed by atoms with Gasteiger partial charge >= 0.3 is 0 Å². The van der Waals surface area contributed by atoms with Gasteiger partial charge in [-0.2, -0.15) is 0 Å². The molecule has 0 radical (unpaired) electrons. The van der Waals surface area contributed by atoms with Crippen LogP contribution in [-0.2, 0) is 6.54 Å². The number of imidazole rings is 1. The molecule has 0 amide bonds. The van der Waals surface area contributed by atoms with Gasteiger partial charge in [-0.25, -0.2) is 4.98 Å². The molecular weight excluding hydrogens is 258 g/mol. The van der Waals surface area contributed by atoms with Crippen LogP contribution < -0.4 is 10.5 Å². The molecule has 19 heavy (non-hydrogen) atoms. The molecule has 0 bridgehead atoms. The van der Waals surface area contributed by atoms with Crippen molar-refractivity contribution < 1.29 is 4.74 Å². The Bertz CT molecular complexity index is 592. The number of rotatable bonds is 5. The van der Waals surface area contributed by atoms with E-state index in [2.05, 4.69) is 16.5 Å². The van der Waals surface area contributed by atoms with Crippen LogP contribution in [0.3, 0.4) is 0 Å². The fourth-order valence-electron chi connectivity index (χ4n) is 1.77. The maximum atomic E-state index is 5.70. The molecule has 5 heteroatoms. The Balaban J connectivity index is 1.94. The van der Waals surface area contributed by atoms with Crippen molar-refractivity contribution in [2.24, 2.45) is 5.73 Å². The summed E-state index contributed by atoms with van der Waals surface area (Å²) in [5.41, 5.74) is 8.63. The lowest BCUT2D eigenvalue weighted by molar-refractivity contribution is 0.297. The fourth-order valence-corrected chi connectivity index (χ4v) is 1.90. The van der Waals surface area contributed by atoms with Gasteiger partial charge in [0.15, 0.2) is 0 Å². The number of benzene rings is 1. The minimum absolute atomic E-state index is 0.381. The lowest BCUT2D eigenvalue weighted by Gasteiger charge is -2.09. The Morgan fingerprint density at radius 1 is 1.42 bits per heavy atom. The van der Waals surface area contributed by atoms with E-state index in [1.807, 2.05) is 37.5 Å². The van der Waals surface area contributed by atoms with Gasteiger partial charge in [0.05, 0.1) is 18.6 Å². The summed E-state index contributed by atoms with van der Waals surface area (Å²) in [5, 5.41) is 0. The van der Waals surface area contributed by atoms with Gasteiger partial charge in [0.25, 0.3) is 0 Å². The van der Waals surface area contributed by atoms with Crippen LogP contribution in [0.25, 0.3) is 0 Å². The van der Waals surface area contributed by atoms with E-state index in [4.69, 9.17) is 22.7 Å². The number of nitrogens with two attached hydrogens (primary N) is 1. The maximum Gasteiger partial charge on any atom is 0.120 e. The second-order valence-corrected chi connectivity index (χ2v) is 4.79. The van der Waals surface area contributed by atoms with Gasteiger partial charge in [0, 0.05) is 11.3 Å². The Morgan fingerprint density at radius 2 is 2.21 bits per heavy atom. The van der Waals surface area contributed by atoms with Crippen LogP contribution in [0.1, 0.15) is 17.0 Å². The first kappa shape index (κ1) is 13.5. The van der Waals surface area contributed by atoms with E-state index in [-0.39, 0.29) is 0 Å². The van der Waals surface area contributed by atoms with Crippen molar-refractivity contribution >= 4 is 17.2 Å². The molecule has 0 aliphatic rings. The van der Waals surface area contributed by atoms with Crippen molar-refractivity contribution in [1.29, 1.82) is 0 Å². The molecule has 0 aliphatic carbocycles. The number of nitrogens with zero attached hydrogens (tertiary/aromatic N) is 2. The second-order valence-electron chi connectivity index (χ2n) is 4.35. The van der Waals surface area contributed by atoms with Crippen LogP contribution in [0.5, 0.6) is 5.75 Å². The molecule has 4 nitrogen and oxygen atoms in total. The molecule has 2 aromatic rings. The molecule has 0 spiro atoms. The summed E-state index contributed by atoms with van der Waals surface area (Å²) in [6.07, 6.45) is 1.83. The molecular formula is C14H17N3OS. The van der Waals surface area contributed by atoms with Gasteiger partial charge in [-0.3, -0.25) is 0 Å². The SMILES string of the molecule is Cc1ncn(CCOc2cccc(C(N)=S)c2)c1C. The summed E-state index contributed by atoms with van der Waals surface area (Å²) < 4.78 is 7.78. The van der Waals surface area contributed by atoms with Crippen molar-refractivity contribution in [1.82, 2.24) is 9.55 Å². The van der Waals surface area contributed by atoms with Crippen molar-refractivity contribution in [2.45, 2.75) is 20.4 Å². The van der Waals surface area contributed by atoms with Crippen molar-refractivity contribution in [3.05, 3.63) is 47.5 Å². The van der Waals surface area contributed by atoms with Gasteiger partial charge in [-0.15, -0.1) is 0 Å². The highest BCUT2D eigenvalue weighted by atomic mass is 32.1. The lowest BCUT2D eigenvalue weighted by atomic mass is 10.2. The molecule has 1 aromatic carbocycles. The van der Waals surface area contributed by atoms with Gasteiger partial charge < -0.3 is 15.0 Å². The van der Waals surface area contributed by atoms with E-state index < -0.39 is 0 Å². The zero-order valence-corrected chi connectivity index (χ0v) is 11.9. The normalized spacial score (nSPS) is 10.4. The third-order valence-corrected chi connectivity index (χ3v) is 3.30. The van der Waals surface area contributed by atoms with Gasteiger partial charge in [-0.1, -0.05) is 24.4 Å². The third-order valence-electron chi connectivity index (χ3n) is 3.06. The molecule has 2 rings (SSSR count). The summed E-state index contributed by atoms with van der Waals surface area (Å²) >= 11 is 4.94. The van der Waals surface area contributed by atoms with E-state index in [1.54, 1.807) is 0 Å². The van der Waals surface area contributed by atoms with E-state index in [9.17, 15) is 0 Å². The average Bonchev–Trinajstić information content (AvgIpc) is 2.71. The van der Waals surface area contributed by atoms with Crippen LogP contribution in [0, 0.1) is 13.8 Å². The van der Waals surface area contributed by atoms with Crippen LogP contribution in [0.4, 0.5) is 0 Å². The van der Waals surface area contributed by atoms with Crippen molar-refractivity contribution in [3.63, 3.8) is 0 Å². The van der Waals surface area contributed by atoms with Crippen LogP contribution in [-0.4, -0.2) is 21.1 Å². The first-order valence-electron chi connectivity index (χ1n) is 6.09. The van der Waals surface area contributed by atoms with E-state index >= 15 is 0 Å². The Hall–Kier alpha value is -1.88. The summed E-state index contributed by atoms with van der Waals surface area (Å²) in [7, 11) is 0. The topological polar surface area (TPSA) is 53.1 Å². The highest BCUT2D eigenvalue weighted by molar-refractivity contribution is 7.80. The number of hydrogen-bond acceptors (Lipinski definition) is 3. The van der Waals surface area contributed by atoms with Gasteiger partial charge in [0.1, 0.15) is 17.3 Å². The second kappa shape index (κ2) is 5.84. The first-order chi connectivity index (χ1) is 9.08. The molecule has 0 saturated heterocycles. The van der Waals surface area contributed by atoms with E-state index in [1.165, 1.54) is 5.69 Å². The smallest absolute Gasteiger partial charge is 0.120 e. The summed E-state index contributed by atoms with van der Waals surface area (Å²) in [4.78, 5) is 4.63. The molecule has 0 fully saturated rings. The summed E-state index contributed by atoms with van der Waals surface area (Å²) in [6.45, 7) is 5.40. The van der Waals surface area contributed by atoms with Crippen LogP contribution in [0.2, 0.25) is 0 Å². The van der Waals surface area contributed by atoms with Gasteiger partial charge in [0.2, 0.25) is 0 Å². The molecule has 100 valence electrons. The number of ether oxygens (including phenoxy) is 1. The quantitative estimate of drug-likeness (QED) is 0.850. The van der Waals surface area contributed by atoms with Crippen LogP contribution >= 0.6 is 12.2 Å². The Labute approximate surface area is 118 Å². The average molecular weight is 275 g/mol. The predicted octanol–water partition coefficient (Wildman–Crippen LogP) is 2.21. The van der Waals surface area contributed by atoms with Gasteiger partial charge in [-0.05, 0) is 26.0 Å². The lowest BCUT2D eigenvalue weighted by Crippen LogP contribution is -2.11. The summed E-state index contributed by atoms with van der Waals surface area (Å²) in [5.74, 6) is 0.778.